The fourth-order valence-corrected chi connectivity index (χ4v) is 1.53. The summed E-state index contributed by atoms with van der Waals surface area (Å²) in [5.41, 5.74) is 0.112. The lowest BCUT2D eigenvalue weighted by molar-refractivity contribution is 0.384. The van der Waals surface area contributed by atoms with Crippen LogP contribution in [-0.2, 0) is 0 Å². The van der Waals surface area contributed by atoms with Crippen molar-refractivity contribution >= 4 is 0 Å². The molecule has 1 rings (SSSR count). The first kappa shape index (κ1) is 13.1. The van der Waals surface area contributed by atoms with Crippen LogP contribution < -0.4 is 5.32 Å². The van der Waals surface area contributed by atoms with E-state index in [1.807, 2.05) is 19.0 Å². The Balaban J connectivity index is 2.62. The van der Waals surface area contributed by atoms with E-state index in [4.69, 9.17) is 0 Å². The van der Waals surface area contributed by atoms with Crippen LogP contribution in [0.15, 0.2) is 18.2 Å². The van der Waals surface area contributed by atoms with E-state index < -0.39 is 11.6 Å². The van der Waals surface area contributed by atoms with Gasteiger partial charge in [0.2, 0.25) is 0 Å². The first-order chi connectivity index (χ1) is 7.52. The van der Waals surface area contributed by atoms with E-state index in [0.717, 1.165) is 6.54 Å². The summed E-state index contributed by atoms with van der Waals surface area (Å²) in [7, 11) is 3.91. The zero-order chi connectivity index (χ0) is 12.1. The molecule has 0 saturated carbocycles. The first-order valence-corrected chi connectivity index (χ1v) is 5.34. The van der Waals surface area contributed by atoms with Gasteiger partial charge in [0, 0.05) is 24.7 Å². The van der Waals surface area contributed by atoms with Crippen LogP contribution in [0.5, 0.6) is 0 Å². The lowest BCUT2D eigenvalue weighted by Gasteiger charge is -2.17. The number of likely N-dealkylation sites (N-methyl/N-ethyl adjacent to an activating group) is 1. The molecule has 0 amide bonds. The fraction of sp³-hybridized carbons (Fsp3) is 0.500. The number of nitrogens with one attached hydrogen (secondary N) is 1. The predicted octanol–water partition coefficient (Wildman–Crippen LogP) is 2.18. The summed E-state index contributed by atoms with van der Waals surface area (Å²) in [6.07, 6.45) is 0. The number of benzene rings is 1. The summed E-state index contributed by atoms with van der Waals surface area (Å²) in [5.74, 6) is -0.991. The molecule has 0 aliphatic carbocycles. The van der Waals surface area contributed by atoms with Gasteiger partial charge in [-0.1, -0.05) is 6.07 Å². The van der Waals surface area contributed by atoms with Crippen molar-refractivity contribution in [3.05, 3.63) is 35.4 Å². The molecule has 90 valence electrons. The van der Waals surface area contributed by atoms with Crippen molar-refractivity contribution in [2.75, 3.05) is 27.2 Å². The van der Waals surface area contributed by atoms with Gasteiger partial charge in [-0.05, 0) is 33.2 Å². The zero-order valence-electron chi connectivity index (χ0n) is 9.93. The molecule has 2 nitrogen and oxygen atoms in total. The molecular weight excluding hydrogens is 210 g/mol. The third-order valence-electron chi connectivity index (χ3n) is 2.44. The summed E-state index contributed by atoms with van der Waals surface area (Å²) >= 11 is 0. The molecule has 1 atom stereocenters. The van der Waals surface area contributed by atoms with Crippen LogP contribution in [-0.4, -0.2) is 32.1 Å². The van der Waals surface area contributed by atoms with Crippen LogP contribution in [0.2, 0.25) is 0 Å². The Bertz CT molecular complexity index is 320. The molecule has 0 aliphatic heterocycles. The summed E-state index contributed by atoms with van der Waals surface area (Å²) in [4.78, 5) is 2.01. The smallest absolute Gasteiger partial charge is 0.130 e. The first-order valence-electron chi connectivity index (χ1n) is 5.34. The summed E-state index contributed by atoms with van der Waals surface area (Å²) in [5, 5.41) is 3.09. The fourth-order valence-electron chi connectivity index (χ4n) is 1.53. The maximum atomic E-state index is 13.4. The Morgan fingerprint density at radius 2 is 1.81 bits per heavy atom. The van der Waals surface area contributed by atoms with Crippen LogP contribution in [0.4, 0.5) is 8.78 Å². The van der Waals surface area contributed by atoms with Crippen LogP contribution in [0.25, 0.3) is 0 Å². The standard InChI is InChI=1S/C12H18F2N2/c1-9(15-7-8-16(2)3)12-10(13)5-4-6-11(12)14/h4-6,9,15H,7-8H2,1-3H3. The number of nitrogens with zero attached hydrogens (tertiary/aromatic N) is 1. The van der Waals surface area contributed by atoms with Crippen molar-refractivity contribution in [2.45, 2.75) is 13.0 Å². The Labute approximate surface area is 95.3 Å². The molecule has 0 radical (unpaired) electrons. The van der Waals surface area contributed by atoms with E-state index >= 15 is 0 Å². The normalized spacial score (nSPS) is 13.1. The monoisotopic (exact) mass is 228 g/mol. The number of halogens is 2. The molecule has 0 fully saturated rings. The molecular formula is C12H18F2N2. The van der Waals surface area contributed by atoms with Crippen LogP contribution in [0.1, 0.15) is 18.5 Å². The minimum absolute atomic E-state index is 0.112. The Hall–Kier alpha value is -1.00. The molecule has 16 heavy (non-hydrogen) atoms. The van der Waals surface area contributed by atoms with E-state index in [2.05, 4.69) is 5.32 Å². The van der Waals surface area contributed by atoms with Crippen molar-refractivity contribution in [3.8, 4) is 0 Å². The topological polar surface area (TPSA) is 15.3 Å². The third kappa shape index (κ3) is 3.54. The van der Waals surface area contributed by atoms with Gasteiger partial charge in [-0.25, -0.2) is 8.78 Å². The van der Waals surface area contributed by atoms with Gasteiger partial charge in [0.1, 0.15) is 11.6 Å². The highest BCUT2D eigenvalue weighted by atomic mass is 19.1. The summed E-state index contributed by atoms with van der Waals surface area (Å²) < 4.78 is 26.8. The number of rotatable bonds is 5. The molecule has 0 bridgehead atoms. The second-order valence-electron chi connectivity index (χ2n) is 4.11. The van der Waals surface area contributed by atoms with Crippen LogP contribution >= 0.6 is 0 Å². The summed E-state index contributed by atoms with van der Waals surface area (Å²) in [6.45, 7) is 3.29. The van der Waals surface area contributed by atoms with Crippen molar-refractivity contribution in [1.82, 2.24) is 10.2 Å². The zero-order valence-corrected chi connectivity index (χ0v) is 9.93. The van der Waals surface area contributed by atoms with E-state index in [0.29, 0.717) is 6.54 Å². The SMILES string of the molecule is CC(NCCN(C)C)c1c(F)cccc1F. The molecule has 0 spiro atoms. The molecule has 1 N–H and O–H groups in total. The van der Waals surface area contributed by atoms with Gasteiger partial charge in [-0.15, -0.1) is 0 Å². The lowest BCUT2D eigenvalue weighted by Crippen LogP contribution is -2.29. The number of hydrogen-bond acceptors (Lipinski definition) is 2. The highest BCUT2D eigenvalue weighted by molar-refractivity contribution is 5.22. The molecule has 1 aromatic carbocycles. The van der Waals surface area contributed by atoms with Crippen molar-refractivity contribution in [2.24, 2.45) is 0 Å². The van der Waals surface area contributed by atoms with Gasteiger partial charge < -0.3 is 10.2 Å². The van der Waals surface area contributed by atoms with E-state index in [-0.39, 0.29) is 11.6 Å². The Kier molecular flexibility index (Phi) is 4.83. The van der Waals surface area contributed by atoms with E-state index in [1.165, 1.54) is 18.2 Å². The minimum Gasteiger partial charge on any atom is -0.309 e. The molecule has 0 aromatic heterocycles. The molecule has 1 aromatic rings. The Morgan fingerprint density at radius 3 is 2.31 bits per heavy atom. The predicted molar refractivity (Wildman–Crippen MR) is 61.3 cm³/mol. The lowest BCUT2D eigenvalue weighted by atomic mass is 10.1. The second-order valence-corrected chi connectivity index (χ2v) is 4.11. The molecule has 0 aliphatic rings. The largest absolute Gasteiger partial charge is 0.309 e. The average molecular weight is 228 g/mol. The van der Waals surface area contributed by atoms with Gasteiger partial charge in [-0.3, -0.25) is 0 Å². The average Bonchev–Trinajstić information content (AvgIpc) is 2.16. The second kappa shape index (κ2) is 5.92. The van der Waals surface area contributed by atoms with Gasteiger partial charge in [0.25, 0.3) is 0 Å². The van der Waals surface area contributed by atoms with Crippen LogP contribution in [0.3, 0.4) is 0 Å². The quantitative estimate of drug-likeness (QED) is 0.831. The van der Waals surface area contributed by atoms with Gasteiger partial charge in [-0.2, -0.15) is 0 Å². The number of hydrogen-bond donors (Lipinski definition) is 1. The van der Waals surface area contributed by atoms with E-state index in [9.17, 15) is 8.78 Å². The van der Waals surface area contributed by atoms with Gasteiger partial charge >= 0.3 is 0 Å². The van der Waals surface area contributed by atoms with Crippen LogP contribution in [0, 0.1) is 11.6 Å². The van der Waals surface area contributed by atoms with E-state index in [1.54, 1.807) is 6.92 Å². The van der Waals surface area contributed by atoms with Gasteiger partial charge in [0.15, 0.2) is 0 Å². The van der Waals surface area contributed by atoms with Gasteiger partial charge in [0.05, 0.1) is 0 Å². The Morgan fingerprint density at radius 1 is 1.25 bits per heavy atom. The highest BCUT2D eigenvalue weighted by Crippen LogP contribution is 2.19. The third-order valence-corrected chi connectivity index (χ3v) is 2.44. The minimum atomic E-state index is -0.496. The summed E-state index contributed by atoms with van der Waals surface area (Å²) in [6, 6.07) is 3.62. The maximum Gasteiger partial charge on any atom is 0.130 e. The highest BCUT2D eigenvalue weighted by Gasteiger charge is 2.14. The molecule has 4 heteroatoms. The molecule has 1 unspecified atom stereocenters. The van der Waals surface area contributed by atoms with Crippen molar-refractivity contribution < 1.29 is 8.78 Å². The van der Waals surface area contributed by atoms with Crippen molar-refractivity contribution in [3.63, 3.8) is 0 Å². The molecule has 0 saturated heterocycles. The maximum absolute atomic E-state index is 13.4. The molecule has 0 heterocycles. The van der Waals surface area contributed by atoms with Crippen molar-refractivity contribution in [1.29, 1.82) is 0 Å².